The van der Waals surface area contributed by atoms with Gasteiger partial charge in [-0.3, -0.25) is 4.79 Å². The van der Waals surface area contributed by atoms with Crippen LogP contribution in [-0.2, 0) is 6.54 Å². The fraction of sp³-hybridized carbons (Fsp3) is 0.267. The van der Waals surface area contributed by atoms with E-state index < -0.39 is 11.6 Å². The van der Waals surface area contributed by atoms with Crippen molar-refractivity contribution in [3.8, 4) is 0 Å². The van der Waals surface area contributed by atoms with Gasteiger partial charge in [-0.2, -0.15) is 0 Å². The number of rotatable bonds is 4. The molecule has 19 heavy (non-hydrogen) atoms. The van der Waals surface area contributed by atoms with Crippen LogP contribution in [0.5, 0.6) is 0 Å². The summed E-state index contributed by atoms with van der Waals surface area (Å²) in [5.41, 5.74) is 0.998. The minimum Gasteiger partial charge on any atom is -0.349 e. The van der Waals surface area contributed by atoms with E-state index >= 15 is 0 Å². The van der Waals surface area contributed by atoms with Gasteiger partial charge in [0.1, 0.15) is 11.6 Å². The number of nitrogens with zero attached hydrogens (tertiary/aromatic N) is 1. The molecule has 0 radical (unpaired) electrons. The molecular formula is C15H15F2NO. The summed E-state index contributed by atoms with van der Waals surface area (Å²) >= 11 is 0. The Morgan fingerprint density at radius 3 is 2.63 bits per heavy atom. The summed E-state index contributed by atoms with van der Waals surface area (Å²) in [5.74, 6) is -1.19. The predicted octanol–water partition coefficient (Wildman–Crippen LogP) is 3.65. The van der Waals surface area contributed by atoms with E-state index in [1.807, 2.05) is 13.8 Å². The second kappa shape index (κ2) is 5.34. The SMILES string of the molecule is CC(C)C(=O)c1ccn(Cc2ccc(F)cc2F)c1. The van der Waals surface area contributed by atoms with Crippen molar-refractivity contribution in [1.82, 2.24) is 4.57 Å². The topological polar surface area (TPSA) is 22.0 Å². The Bertz CT molecular complexity index is 602. The highest BCUT2D eigenvalue weighted by molar-refractivity contribution is 5.97. The molecule has 0 N–H and O–H groups in total. The maximum Gasteiger partial charge on any atom is 0.166 e. The second-order valence-corrected chi connectivity index (χ2v) is 4.83. The second-order valence-electron chi connectivity index (χ2n) is 4.83. The Hall–Kier alpha value is -1.97. The van der Waals surface area contributed by atoms with Crippen molar-refractivity contribution in [3.05, 3.63) is 59.4 Å². The molecule has 0 spiro atoms. The van der Waals surface area contributed by atoms with E-state index in [4.69, 9.17) is 0 Å². The number of carbonyl (C=O) groups excluding carboxylic acids is 1. The molecule has 1 aromatic heterocycles. The van der Waals surface area contributed by atoms with E-state index in [2.05, 4.69) is 0 Å². The number of hydrogen-bond acceptors (Lipinski definition) is 1. The number of ketones is 1. The van der Waals surface area contributed by atoms with E-state index in [9.17, 15) is 13.6 Å². The van der Waals surface area contributed by atoms with E-state index in [1.54, 1.807) is 23.0 Å². The molecule has 100 valence electrons. The predicted molar refractivity (Wildman–Crippen MR) is 69.1 cm³/mol. The Balaban J connectivity index is 2.18. The van der Waals surface area contributed by atoms with Gasteiger partial charge in [-0.25, -0.2) is 8.78 Å². The lowest BCUT2D eigenvalue weighted by Crippen LogP contribution is -2.06. The molecule has 4 heteroatoms. The van der Waals surface area contributed by atoms with Crippen LogP contribution in [0.4, 0.5) is 8.78 Å². The molecule has 0 fully saturated rings. The van der Waals surface area contributed by atoms with Crippen molar-refractivity contribution >= 4 is 5.78 Å². The molecular weight excluding hydrogens is 248 g/mol. The van der Waals surface area contributed by atoms with Crippen LogP contribution in [0.2, 0.25) is 0 Å². The van der Waals surface area contributed by atoms with Crippen molar-refractivity contribution in [1.29, 1.82) is 0 Å². The summed E-state index contributed by atoms with van der Waals surface area (Å²) in [5, 5.41) is 0. The van der Waals surface area contributed by atoms with Crippen LogP contribution in [0.1, 0.15) is 29.8 Å². The maximum absolute atomic E-state index is 13.5. The fourth-order valence-electron chi connectivity index (χ4n) is 1.86. The molecule has 0 saturated carbocycles. The van der Waals surface area contributed by atoms with Gasteiger partial charge in [0.25, 0.3) is 0 Å². The normalized spacial score (nSPS) is 11.0. The molecule has 0 bridgehead atoms. The summed E-state index contributed by atoms with van der Waals surface area (Å²) in [6.45, 7) is 3.94. The first-order chi connectivity index (χ1) is 8.97. The van der Waals surface area contributed by atoms with Crippen molar-refractivity contribution in [2.24, 2.45) is 5.92 Å². The molecule has 0 aliphatic carbocycles. The number of halogens is 2. The van der Waals surface area contributed by atoms with E-state index in [1.165, 1.54) is 12.1 Å². The summed E-state index contributed by atoms with van der Waals surface area (Å²) in [4.78, 5) is 11.8. The summed E-state index contributed by atoms with van der Waals surface area (Å²) < 4.78 is 28.0. The van der Waals surface area contributed by atoms with Gasteiger partial charge >= 0.3 is 0 Å². The Morgan fingerprint density at radius 1 is 1.26 bits per heavy atom. The minimum atomic E-state index is -0.593. The van der Waals surface area contributed by atoms with Gasteiger partial charge in [0, 0.05) is 42.0 Å². The minimum absolute atomic E-state index is 0.0540. The number of Topliss-reactive ketones (excluding diaryl/α,β-unsaturated/α-hetero) is 1. The highest BCUT2D eigenvalue weighted by Crippen LogP contribution is 2.14. The van der Waals surface area contributed by atoms with E-state index in [-0.39, 0.29) is 18.2 Å². The number of hydrogen-bond donors (Lipinski definition) is 0. The summed E-state index contributed by atoms with van der Waals surface area (Å²) in [6.07, 6.45) is 3.41. The molecule has 0 aliphatic rings. The zero-order chi connectivity index (χ0) is 14.0. The monoisotopic (exact) mass is 263 g/mol. The van der Waals surface area contributed by atoms with Gasteiger partial charge in [-0.1, -0.05) is 19.9 Å². The van der Waals surface area contributed by atoms with Crippen LogP contribution in [0.25, 0.3) is 0 Å². The van der Waals surface area contributed by atoms with E-state index in [0.29, 0.717) is 11.1 Å². The highest BCUT2D eigenvalue weighted by Gasteiger charge is 2.12. The lowest BCUT2D eigenvalue weighted by atomic mass is 10.0. The van der Waals surface area contributed by atoms with Crippen LogP contribution >= 0.6 is 0 Å². The van der Waals surface area contributed by atoms with Crippen LogP contribution in [-0.4, -0.2) is 10.4 Å². The molecule has 1 heterocycles. The molecule has 0 unspecified atom stereocenters. The molecule has 2 nitrogen and oxygen atoms in total. The Kier molecular flexibility index (Phi) is 3.79. The van der Waals surface area contributed by atoms with Crippen LogP contribution < -0.4 is 0 Å². The smallest absolute Gasteiger partial charge is 0.166 e. The quantitative estimate of drug-likeness (QED) is 0.772. The summed E-state index contributed by atoms with van der Waals surface area (Å²) in [6, 6.07) is 5.21. The van der Waals surface area contributed by atoms with Crippen LogP contribution in [0, 0.1) is 17.6 Å². The molecule has 2 aromatic rings. The molecule has 0 atom stereocenters. The van der Waals surface area contributed by atoms with E-state index in [0.717, 1.165) is 6.07 Å². The zero-order valence-corrected chi connectivity index (χ0v) is 10.9. The summed E-state index contributed by atoms with van der Waals surface area (Å²) in [7, 11) is 0. The number of carbonyl (C=O) groups is 1. The standard InChI is InChI=1S/C15H15F2NO/c1-10(2)15(19)12-5-6-18(9-12)8-11-3-4-13(16)7-14(11)17/h3-7,9-10H,8H2,1-2H3. The van der Waals surface area contributed by atoms with Gasteiger partial charge in [0.15, 0.2) is 5.78 Å². The number of aromatic nitrogens is 1. The third-order valence-corrected chi connectivity index (χ3v) is 2.93. The lowest BCUT2D eigenvalue weighted by Gasteiger charge is -2.05. The first-order valence-electron chi connectivity index (χ1n) is 6.11. The number of benzene rings is 1. The molecule has 1 aromatic carbocycles. The van der Waals surface area contributed by atoms with Gasteiger partial charge in [0.05, 0.1) is 0 Å². The van der Waals surface area contributed by atoms with Crippen LogP contribution in [0.15, 0.2) is 36.7 Å². The van der Waals surface area contributed by atoms with Crippen molar-refractivity contribution in [2.45, 2.75) is 20.4 Å². The van der Waals surface area contributed by atoms with Crippen molar-refractivity contribution in [3.63, 3.8) is 0 Å². The van der Waals surface area contributed by atoms with Gasteiger partial charge in [-0.15, -0.1) is 0 Å². The third kappa shape index (κ3) is 3.08. The van der Waals surface area contributed by atoms with Gasteiger partial charge in [-0.05, 0) is 12.1 Å². The maximum atomic E-state index is 13.5. The molecule has 0 aliphatic heterocycles. The van der Waals surface area contributed by atoms with Gasteiger partial charge < -0.3 is 4.57 Å². The fourth-order valence-corrected chi connectivity index (χ4v) is 1.86. The molecule has 0 saturated heterocycles. The highest BCUT2D eigenvalue weighted by atomic mass is 19.1. The third-order valence-electron chi connectivity index (χ3n) is 2.93. The lowest BCUT2D eigenvalue weighted by molar-refractivity contribution is 0.0939. The van der Waals surface area contributed by atoms with Crippen molar-refractivity contribution in [2.75, 3.05) is 0 Å². The zero-order valence-electron chi connectivity index (χ0n) is 10.9. The largest absolute Gasteiger partial charge is 0.349 e. The molecule has 2 rings (SSSR count). The van der Waals surface area contributed by atoms with Crippen LogP contribution in [0.3, 0.4) is 0 Å². The average Bonchev–Trinajstić information content (AvgIpc) is 2.80. The Morgan fingerprint density at radius 2 is 2.00 bits per heavy atom. The molecule has 0 amide bonds. The first kappa shape index (κ1) is 13.5. The first-order valence-corrected chi connectivity index (χ1v) is 6.11. The average molecular weight is 263 g/mol. The van der Waals surface area contributed by atoms with Gasteiger partial charge in [0.2, 0.25) is 0 Å². The Labute approximate surface area is 110 Å². The van der Waals surface area contributed by atoms with Crippen molar-refractivity contribution < 1.29 is 13.6 Å².